The number of nitrogens with zero attached hydrogens (tertiary/aromatic N) is 4. The van der Waals surface area contributed by atoms with E-state index < -0.39 is 0 Å². The number of hydrogen-bond acceptors (Lipinski definition) is 4. The number of thiazole rings is 1. The van der Waals surface area contributed by atoms with Crippen LogP contribution in [-0.4, -0.2) is 19.5 Å². The zero-order chi connectivity index (χ0) is 14.1. The predicted octanol–water partition coefficient (Wildman–Crippen LogP) is 3.49. The third-order valence-electron chi connectivity index (χ3n) is 3.25. The molecular weight excluding hydrogens is 292 g/mol. The van der Waals surface area contributed by atoms with Gasteiger partial charge in [0, 0.05) is 30.2 Å². The van der Waals surface area contributed by atoms with E-state index in [1.165, 1.54) is 0 Å². The smallest absolute Gasteiger partial charge is 0.160 e. The number of hydrogen-bond donors (Lipinski definition) is 0. The number of halogens is 1. The van der Waals surface area contributed by atoms with Gasteiger partial charge in [0.05, 0.1) is 10.9 Å². The molecule has 0 saturated heterocycles. The second-order valence-electron chi connectivity index (χ2n) is 4.75. The molecule has 0 N–H and O–H groups in total. The maximum Gasteiger partial charge on any atom is 0.160 e. The lowest BCUT2D eigenvalue weighted by atomic mass is 10.3. The van der Waals surface area contributed by atoms with Gasteiger partial charge in [0.25, 0.3) is 0 Å². The molecule has 0 aliphatic heterocycles. The van der Waals surface area contributed by atoms with Crippen molar-refractivity contribution in [1.82, 2.24) is 19.5 Å². The van der Waals surface area contributed by atoms with E-state index in [0.29, 0.717) is 5.88 Å². The Morgan fingerprint density at radius 3 is 2.85 bits per heavy atom. The third kappa shape index (κ3) is 2.43. The second-order valence-corrected chi connectivity index (χ2v) is 5.96. The van der Waals surface area contributed by atoms with Crippen LogP contribution in [0.4, 0.5) is 0 Å². The largest absolute Gasteiger partial charge is 0.311 e. The van der Waals surface area contributed by atoms with Gasteiger partial charge in [0.1, 0.15) is 11.3 Å². The molecule has 0 saturated carbocycles. The zero-order valence-electron chi connectivity index (χ0n) is 11.4. The van der Waals surface area contributed by atoms with Gasteiger partial charge in [-0.25, -0.2) is 15.0 Å². The first-order valence-corrected chi connectivity index (χ1v) is 7.88. The van der Waals surface area contributed by atoms with Crippen LogP contribution in [0, 0.1) is 13.8 Å². The van der Waals surface area contributed by atoms with Crippen molar-refractivity contribution in [3.8, 4) is 0 Å². The minimum atomic E-state index is 0.396. The summed E-state index contributed by atoms with van der Waals surface area (Å²) in [6.45, 7) is 4.87. The van der Waals surface area contributed by atoms with Gasteiger partial charge in [-0.05, 0) is 25.5 Å². The SMILES string of the molecule is Cc1csc(CCn2c(CCl)nc3c(C)ccnc32)n1. The van der Waals surface area contributed by atoms with Crippen LogP contribution in [0.3, 0.4) is 0 Å². The zero-order valence-corrected chi connectivity index (χ0v) is 13.0. The Bertz CT molecular complexity index is 747. The Kier molecular flexibility index (Phi) is 3.72. The monoisotopic (exact) mass is 306 g/mol. The van der Waals surface area contributed by atoms with Crippen LogP contribution in [0.25, 0.3) is 11.2 Å². The van der Waals surface area contributed by atoms with E-state index >= 15 is 0 Å². The molecule has 0 spiro atoms. The van der Waals surface area contributed by atoms with Gasteiger partial charge in [-0.2, -0.15) is 0 Å². The Balaban J connectivity index is 1.95. The van der Waals surface area contributed by atoms with Gasteiger partial charge in [0.15, 0.2) is 5.65 Å². The van der Waals surface area contributed by atoms with E-state index in [-0.39, 0.29) is 0 Å². The molecule has 4 nitrogen and oxygen atoms in total. The molecule has 3 aromatic heterocycles. The molecule has 104 valence electrons. The molecule has 20 heavy (non-hydrogen) atoms. The molecule has 0 radical (unpaired) electrons. The summed E-state index contributed by atoms with van der Waals surface area (Å²) in [6.07, 6.45) is 2.70. The van der Waals surface area contributed by atoms with Crippen molar-refractivity contribution in [1.29, 1.82) is 0 Å². The number of aromatic nitrogens is 4. The highest BCUT2D eigenvalue weighted by molar-refractivity contribution is 7.09. The fourth-order valence-electron chi connectivity index (χ4n) is 2.25. The number of fused-ring (bicyclic) bond motifs is 1. The first-order chi connectivity index (χ1) is 9.69. The average molecular weight is 307 g/mol. The topological polar surface area (TPSA) is 43.6 Å². The minimum Gasteiger partial charge on any atom is -0.311 e. The van der Waals surface area contributed by atoms with Gasteiger partial charge >= 0.3 is 0 Å². The summed E-state index contributed by atoms with van der Waals surface area (Å²) >= 11 is 7.71. The number of imidazole rings is 1. The fraction of sp³-hybridized carbons (Fsp3) is 0.357. The lowest BCUT2D eigenvalue weighted by molar-refractivity contribution is 0.679. The van der Waals surface area contributed by atoms with Crippen molar-refractivity contribution < 1.29 is 0 Å². The Morgan fingerprint density at radius 1 is 1.30 bits per heavy atom. The highest BCUT2D eigenvalue weighted by Gasteiger charge is 2.13. The number of rotatable bonds is 4. The number of pyridine rings is 1. The van der Waals surface area contributed by atoms with Crippen molar-refractivity contribution in [2.24, 2.45) is 0 Å². The first kappa shape index (κ1) is 13.5. The van der Waals surface area contributed by atoms with Gasteiger partial charge in [-0.1, -0.05) is 0 Å². The molecular formula is C14H15ClN4S. The van der Waals surface area contributed by atoms with Crippen LogP contribution >= 0.6 is 22.9 Å². The molecule has 0 bridgehead atoms. The summed E-state index contributed by atoms with van der Waals surface area (Å²) < 4.78 is 2.10. The van der Waals surface area contributed by atoms with Crippen molar-refractivity contribution in [2.45, 2.75) is 32.7 Å². The minimum absolute atomic E-state index is 0.396. The maximum atomic E-state index is 6.02. The van der Waals surface area contributed by atoms with Crippen molar-refractivity contribution in [2.75, 3.05) is 0 Å². The number of aryl methyl sites for hydroxylation is 4. The summed E-state index contributed by atoms with van der Waals surface area (Å²) in [6, 6.07) is 1.97. The van der Waals surface area contributed by atoms with Crippen LogP contribution in [0.5, 0.6) is 0 Å². The molecule has 3 rings (SSSR count). The molecule has 0 aliphatic rings. The van der Waals surface area contributed by atoms with Crippen molar-refractivity contribution in [3.63, 3.8) is 0 Å². The van der Waals surface area contributed by atoms with E-state index in [2.05, 4.69) is 24.9 Å². The summed E-state index contributed by atoms with van der Waals surface area (Å²) in [5.74, 6) is 1.27. The van der Waals surface area contributed by atoms with Gasteiger partial charge in [-0.15, -0.1) is 22.9 Å². The highest BCUT2D eigenvalue weighted by atomic mass is 35.5. The molecule has 0 fully saturated rings. The summed E-state index contributed by atoms with van der Waals surface area (Å²) in [5, 5.41) is 3.21. The second kappa shape index (κ2) is 5.50. The standard InChI is InChI=1S/C14H15ClN4S/c1-9-3-5-16-14-13(9)18-11(7-15)19(14)6-4-12-17-10(2)8-20-12/h3,5,8H,4,6-7H2,1-2H3. The van der Waals surface area contributed by atoms with E-state index in [1.54, 1.807) is 11.3 Å². The summed E-state index contributed by atoms with van der Waals surface area (Å²) in [7, 11) is 0. The van der Waals surface area contributed by atoms with Crippen LogP contribution < -0.4 is 0 Å². The van der Waals surface area contributed by atoms with E-state index in [1.807, 2.05) is 26.1 Å². The Hall–Kier alpha value is -1.46. The lowest BCUT2D eigenvalue weighted by Gasteiger charge is -2.05. The molecule has 0 unspecified atom stereocenters. The van der Waals surface area contributed by atoms with Gasteiger partial charge in [0.2, 0.25) is 0 Å². The highest BCUT2D eigenvalue weighted by Crippen LogP contribution is 2.20. The number of alkyl halides is 1. The maximum absolute atomic E-state index is 6.02. The lowest BCUT2D eigenvalue weighted by Crippen LogP contribution is -2.05. The summed E-state index contributed by atoms with van der Waals surface area (Å²) in [4.78, 5) is 13.5. The van der Waals surface area contributed by atoms with E-state index in [0.717, 1.165) is 46.2 Å². The molecule has 3 heterocycles. The first-order valence-electron chi connectivity index (χ1n) is 6.46. The van der Waals surface area contributed by atoms with Gasteiger partial charge < -0.3 is 4.57 Å². The molecule has 0 amide bonds. The van der Waals surface area contributed by atoms with Crippen LogP contribution in [-0.2, 0) is 18.8 Å². The van der Waals surface area contributed by atoms with Crippen molar-refractivity contribution in [3.05, 3.63) is 39.7 Å². The molecule has 6 heteroatoms. The Morgan fingerprint density at radius 2 is 2.15 bits per heavy atom. The molecule has 0 atom stereocenters. The van der Waals surface area contributed by atoms with E-state index in [9.17, 15) is 0 Å². The molecule has 3 aromatic rings. The fourth-order valence-corrected chi connectivity index (χ4v) is 3.21. The van der Waals surface area contributed by atoms with E-state index in [4.69, 9.17) is 11.6 Å². The normalized spacial score (nSPS) is 11.3. The molecule has 0 aromatic carbocycles. The van der Waals surface area contributed by atoms with Crippen LogP contribution in [0.1, 0.15) is 22.1 Å². The predicted molar refractivity (Wildman–Crippen MR) is 82.4 cm³/mol. The quantitative estimate of drug-likeness (QED) is 0.693. The van der Waals surface area contributed by atoms with Gasteiger partial charge in [-0.3, -0.25) is 0 Å². The Labute approximate surface area is 126 Å². The third-order valence-corrected chi connectivity index (χ3v) is 4.52. The van der Waals surface area contributed by atoms with Crippen molar-refractivity contribution >= 4 is 34.1 Å². The van der Waals surface area contributed by atoms with Crippen LogP contribution in [0.15, 0.2) is 17.6 Å². The summed E-state index contributed by atoms with van der Waals surface area (Å²) in [5.41, 5.74) is 4.06. The average Bonchev–Trinajstić information content (AvgIpc) is 3.01. The van der Waals surface area contributed by atoms with Crippen LogP contribution in [0.2, 0.25) is 0 Å². The molecule has 0 aliphatic carbocycles.